The third kappa shape index (κ3) is 6.69. The number of halogens is 1. The van der Waals surface area contributed by atoms with Crippen LogP contribution in [0, 0.1) is 5.82 Å². The molecule has 0 fully saturated rings. The van der Waals surface area contributed by atoms with E-state index in [0.29, 0.717) is 6.04 Å². The van der Waals surface area contributed by atoms with Gasteiger partial charge < -0.3 is 10.2 Å². The molecule has 1 N–H and O–H groups in total. The Bertz CT molecular complexity index is 337. The van der Waals surface area contributed by atoms with Crippen molar-refractivity contribution in [2.24, 2.45) is 0 Å². The Morgan fingerprint density at radius 2 is 1.84 bits per heavy atom. The molecule has 19 heavy (non-hydrogen) atoms. The molecule has 0 bridgehead atoms. The molecule has 0 amide bonds. The number of hydrogen-bond donors (Lipinski definition) is 1. The third-order valence-corrected chi connectivity index (χ3v) is 3.36. The Kier molecular flexibility index (Phi) is 7.68. The second-order valence-corrected chi connectivity index (χ2v) is 5.12. The second kappa shape index (κ2) is 9.05. The van der Waals surface area contributed by atoms with Crippen molar-refractivity contribution in [3.8, 4) is 0 Å². The largest absolute Gasteiger partial charge is 0.313 e. The van der Waals surface area contributed by atoms with Crippen LogP contribution in [0.2, 0.25) is 0 Å². The van der Waals surface area contributed by atoms with Crippen LogP contribution in [0.5, 0.6) is 0 Å². The van der Waals surface area contributed by atoms with Gasteiger partial charge in [-0.05, 0) is 50.6 Å². The summed E-state index contributed by atoms with van der Waals surface area (Å²) in [4.78, 5) is 2.46. The van der Waals surface area contributed by atoms with E-state index >= 15 is 0 Å². The van der Waals surface area contributed by atoms with E-state index in [2.05, 4.69) is 31.0 Å². The molecular formula is C16H27FN2. The standard InChI is InChI=1S/C16H27FN2/c1-4-11-19(5-2)12-10-18-14(3)13-15-6-8-16(17)9-7-15/h6-9,14,18H,4-5,10-13H2,1-3H3. The summed E-state index contributed by atoms with van der Waals surface area (Å²) in [5, 5.41) is 3.53. The molecule has 1 atom stereocenters. The number of nitrogens with zero attached hydrogens (tertiary/aromatic N) is 1. The minimum atomic E-state index is -0.164. The molecular weight excluding hydrogens is 239 g/mol. The maximum atomic E-state index is 12.8. The van der Waals surface area contributed by atoms with Gasteiger partial charge in [-0.2, -0.15) is 0 Å². The Morgan fingerprint density at radius 1 is 1.16 bits per heavy atom. The van der Waals surface area contributed by atoms with Crippen LogP contribution in [0.1, 0.15) is 32.8 Å². The summed E-state index contributed by atoms with van der Waals surface area (Å²) in [6.07, 6.45) is 2.15. The number of hydrogen-bond acceptors (Lipinski definition) is 2. The molecule has 0 radical (unpaired) electrons. The molecule has 2 nitrogen and oxygen atoms in total. The monoisotopic (exact) mass is 266 g/mol. The predicted octanol–water partition coefficient (Wildman–Crippen LogP) is 3.08. The molecule has 0 saturated carbocycles. The molecule has 0 aliphatic rings. The SMILES string of the molecule is CCCN(CC)CCNC(C)Cc1ccc(F)cc1. The Morgan fingerprint density at radius 3 is 2.42 bits per heavy atom. The summed E-state index contributed by atoms with van der Waals surface area (Å²) in [6, 6.07) is 7.21. The molecule has 0 aliphatic carbocycles. The van der Waals surface area contributed by atoms with Gasteiger partial charge in [-0.3, -0.25) is 0 Å². The fourth-order valence-electron chi connectivity index (χ4n) is 2.26. The van der Waals surface area contributed by atoms with Gasteiger partial charge in [-0.15, -0.1) is 0 Å². The average Bonchev–Trinajstić information content (AvgIpc) is 2.40. The molecule has 0 spiro atoms. The van der Waals surface area contributed by atoms with Crippen molar-refractivity contribution in [3.63, 3.8) is 0 Å². The number of nitrogens with one attached hydrogen (secondary N) is 1. The van der Waals surface area contributed by atoms with Gasteiger partial charge in [-0.25, -0.2) is 4.39 Å². The zero-order valence-corrected chi connectivity index (χ0v) is 12.5. The third-order valence-electron chi connectivity index (χ3n) is 3.36. The Hall–Kier alpha value is -0.930. The van der Waals surface area contributed by atoms with Gasteiger partial charge in [0.05, 0.1) is 0 Å². The zero-order valence-electron chi connectivity index (χ0n) is 12.5. The van der Waals surface area contributed by atoms with Gasteiger partial charge in [0.1, 0.15) is 5.82 Å². The first-order valence-corrected chi connectivity index (χ1v) is 7.35. The highest BCUT2D eigenvalue weighted by Gasteiger charge is 2.05. The smallest absolute Gasteiger partial charge is 0.123 e. The molecule has 0 aromatic heterocycles. The van der Waals surface area contributed by atoms with Crippen LogP contribution in [-0.2, 0) is 6.42 Å². The zero-order chi connectivity index (χ0) is 14.1. The lowest BCUT2D eigenvalue weighted by molar-refractivity contribution is 0.283. The number of likely N-dealkylation sites (N-methyl/N-ethyl adjacent to an activating group) is 1. The summed E-state index contributed by atoms with van der Waals surface area (Å²) in [7, 11) is 0. The maximum Gasteiger partial charge on any atom is 0.123 e. The van der Waals surface area contributed by atoms with Crippen molar-refractivity contribution >= 4 is 0 Å². The van der Waals surface area contributed by atoms with Gasteiger partial charge in [0.15, 0.2) is 0 Å². The summed E-state index contributed by atoms with van der Waals surface area (Å²) in [6.45, 7) is 11.0. The summed E-state index contributed by atoms with van der Waals surface area (Å²) in [5.74, 6) is -0.164. The van der Waals surface area contributed by atoms with Gasteiger partial charge in [-0.1, -0.05) is 26.0 Å². The van der Waals surface area contributed by atoms with Crippen LogP contribution in [0.3, 0.4) is 0 Å². The number of rotatable bonds is 9. The minimum absolute atomic E-state index is 0.164. The quantitative estimate of drug-likeness (QED) is 0.739. The molecule has 1 aromatic rings. The highest BCUT2D eigenvalue weighted by Crippen LogP contribution is 2.05. The Balaban J connectivity index is 2.23. The average molecular weight is 266 g/mol. The van der Waals surface area contributed by atoms with Gasteiger partial charge in [0, 0.05) is 19.1 Å². The topological polar surface area (TPSA) is 15.3 Å². The van der Waals surface area contributed by atoms with Crippen molar-refractivity contribution < 1.29 is 4.39 Å². The first kappa shape index (κ1) is 16.1. The van der Waals surface area contributed by atoms with Crippen LogP contribution >= 0.6 is 0 Å². The van der Waals surface area contributed by atoms with Crippen molar-refractivity contribution in [2.45, 2.75) is 39.7 Å². The van der Waals surface area contributed by atoms with E-state index < -0.39 is 0 Å². The predicted molar refractivity (Wildman–Crippen MR) is 80.0 cm³/mol. The van der Waals surface area contributed by atoms with Crippen LogP contribution in [0.25, 0.3) is 0 Å². The Labute approximate surface area is 117 Å². The molecule has 0 heterocycles. The summed E-state index contributed by atoms with van der Waals surface area (Å²) >= 11 is 0. The first-order valence-electron chi connectivity index (χ1n) is 7.35. The fraction of sp³-hybridized carbons (Fsp3) is 0.625. The van der Waals surface area contributed by atoms with E-state index in [1.54, 1.807) is 0 Å². The van der Waals surface area contributed by atoms with E-state index in [0.717, 1.165) is 26.1 Å². The second-order valence-electron chi connectivity index (χ2n) is 5.12. The van der Waals surface area contributed by atoms with E-state index in [1.165, 1.54) is 30.7 Å². The van der Waals surface area contributed by atoms with E-state index in [-0.39, 0.29) is 5.82 Å². The minimum Gasteiger partial charge on any atom is -0.313 e. The molecule has 0 aliphatic heterocycles. The fourth-order valence-corrected chi connectivity index (χ4v) is 2.26. The summed E-state index contributed by atoms with van der Waals surface area (Å²) in [5.41, 5.74) is 1.18. The van der Waals surface area contributed by atoms with E-state index in [9.17, 15) is 4.39 Å². The molecule has 1 unspecified atom stereocenters. The highest BCUT2D eigenvalue weighted by atomic mass is 19.1. The van der Waals surface area contributed by atoms with Crippen LogP contribution < -0.4 is 5.32 Å². The van der Waals surface area contributed by atoms with Gasteiger partial charge >= 0.3 is 0 Å². The molecule has 1 aromatic carbocycles. The van der Waals surface area contributed by atoms with E-state index in [4.69, 9.17) is 0 Å². The van der Waals surface area contributed by atoms with Gasteiger partial charge in [0.25, 0.3) is 0 Å². The first-order chi connectivity index (χ1) is 9.15. The van der Waals surface area contributed by atoms with Crippen molar-refractivity contribution in [1.29, 1.82) is 0 Å². The van der Waals surface area contributed by atoms with Crippen molar-refractivity contribution in [2.75, 3.05) is 26.2 Å². The highest BCUT2D eigenvalue weighted by molar-refractivity contribution is 5.16. The number of benzene rings is 1. The maximum absolute atomic E-state index is 12.8. The summed E-state index contributed by atoms with van der Waals surface area (Å²) < 4.78 is 12.8. The van der Waals surface area contributed by atoms with Crippen molar-refractivity contribution in [1.82, 2.24) is 10.2 Å². The van der Waals surface area contributed by atoms with Crippen LogP contribution in [-0.4, -0.2) is 37.1 Å². The molecule has 1 rings (SSSR count). The molecule has 108 valence electrons. The molecule has 3 heteroatoms. The lowest BCUT2D eigenvalue weighted by atomic mass is 10.1. The lowest BCUT2D eigenvalue weighted by Gasteiger charge is -2.21. The van der Waals surface area contributed by atoms with Crippen LogP contribution in [0.15, 0.2) is 24.3 Å². The van der Waals surface area contributed by atoms with Gasteiger partial charge in [0.2, 0.25) is 0 Å². The molecule has 0 saturated heterocycles. The van der Waals surface area contributed by atoms with E-state index in [1.807, 2.05) is 12.1 Å². The normalized spacial score (nSPS) is 12.9. The lowest BCUT2D eigenvalue weighted by Crippen LogP contribution is -2.37. The van der Waals surface area contributed by atoms with Crippen LogP contribution in [0.4, 0.5) is 4.39 Å². The van der Waals surface area contributed by atoms with Crippen molar-refractivity contribution in [3.05, 3.63) is 35.6 Å².